The lowest BCUT2D eigenvalue weighted by Crippen LogP contribution is -2.21. The van der Waals surface area contributed by atoms with Gasteiger partial charge in [0.1, 0.15) is 12.4 Å². The molecule has 9 nitrogen and oxygen atoms in total. The van der Waals surface area contributed by atoms with Gasteiger partial charge in [-0.15, -0.1) is 0 Å². The predicted molar refractivity (Wildman–Crippen MR) is 181 cm³/mol. The molecule has 0 amide bonds. The van der Waals surface area contributed by atoms with Crippen molar-refractivity contribution in [1.82, 2.24) is 9.66 Å². The highest BCUT2D eigenvalue weighted by Crippen LogP contribution is 2.36. The quantitative estimate of drug-likeness (QED) is 0.0825. The van der Waals surface area contributed by atoms with Crippen molar-refractivity contribution < 1.29 is 14.4 Å². The number of fused-ring (bicyclic) bond motifs is 1. The monoisotopic (exact) mass is 688 g/mol. The Morgan fingerprint density at radius 3 is 2.51 bits per heavy atom. The summed E-state index contributed by atoms with van der Waals surface area (Å²) >= 11 is 9.71. The normalized spacial score (nSPS) is 11.4. The molecule has 0 spiro atoms. The van der Waals surface area contributed by atoms with Gasteiger partial charge in [-0.25, -0.2) is 4.98 Å². The Morgan fingerprint density at radius 2 is 1.82 bits per heavy atom. The zero-order valence-corrected chi connectivity index (χ0v) is 27.4. The molecule has 5 aromatic rings. The van der Waals surface area contributed by atoms with Crippen LogP contribution < -0.4 is 15.0 Å². The van der Waals surface area contributed by atoms with E-state index in [2.05, 4.69) is 34.9 Å². The largest absolute Gasteiger partial charge is 0.494 e. The first kappa shape index (κ1) is 31.9. The summed E-state index contributed by atoms with van der Waals surface area (Å²) in [6, 6.07) is 21.1. The summed E-state index contributed by atoms with van der Waals surface area (Å²) in [5, 5.41) is 17.1. The molecule has 0 aliphatic rings. The number of hydrogen-bond donors (Lipinski definition) is 0. The lowest BCUT2D eigenvalue weighted by molar-refractivity contribution is -0.385. The first-order valence-corrected chi connectivity index (χ1v) is 15.4. The second-order valence-electron chi connectivity index (χ2n) is 10.6. The molecule has 0 aliphatic heterocycles. The lowest BCUT2D eigenvalue weighted by atomic mass is 9.96. The van der Waals surface area contributed by atoms with Gasteiger partial charge in [0.25, 0.3) is 5.56 Å². The maximum absolute atomic E-state index is 13.9. The van der Waals surface area contributed by atoms with Crippen molar-refractivity contribution in [2.45, 2.75) is 40.2 Å². The van der Waals surface area contributed by atoms with Crippen LogP contribution in [0.4, 0.5) is 5.69 Å². The minimum atomic E-state index is -0.563. The number of para-hydroxylation sites is 1. The van der Waals surface area contributed by atoms with Crippen molar-refractivity contribution in [2.24, 2.45) is 5.10 Å². The molecule has 0 atom stereocenters. The molecule has 11 heteroatoms. The molecule has 0 bridgehead atoms. The van der Waals surface area contributed by atoms with E-state index in [1.54, 1.807) is 18.2 Å². The van der Waals surface area contributed by atoms with Crippen LogP contribution in [0.1, 0.15) is 48.9 Å². The third kappa shape index (κ3) is 6.92. The Balaban J connectivity index is 1.69. The number of benzene rings is 4. The first-order chi connectivity index (χ1) is 21.6. The molecule has 1 heterocycles. The molecule has 0 radical (unpaired) electrons. The molecule has 0 saturated carbocycles. The van der Waals surface area contributed by atoms with Crippen LogP contribution in [0.2, 0.25) is 5.02 Å². The predicted octanol–water partition coefficient (Wildman–Crippen LogP) is 8.68. The van der Waals surface area contributed by atoms with E-state index in [4.69, 9.17) is 26.1 Å². The number of ether oxygens (including phenoxy) is 2. The van der Waals surface area contributed by atoms with Gasteiger partial charge in [-0.1, -0.05) is 65.6 Å². The molecule has 0 saturated heterocycles. The Kier molecular flexibility index (Phi) is 9.65. The van der Waals surface area contributed by atoms with E-state index in [0.717, 1.165) is 26.9 Å². The van der Waals surface area contributed by atoms with Gasteiger partial charge >= 0.3 is 5.69 Å². The van der Waals surface area contributed by atoms with Gasteiger partial charge < -0.3 is 9.47 Å². The topological polar surface area (TPSA) is 109 Å². The Bertz CT molecular complexity index is 1990. The number of halogens is 2. The summed E-state index contributed by atoms with van der Waals surface area (Å²) in [5.74, 6) is 1.18. The molecule has 4 aromatic carbocycles. The highest BCUT2D eigenvalue weighted by Gasteiger charge is 2.22. The summed E-state index contributed by atoms with van der Waals surface area (Å²) in [4.78, 5) is 30.3. The van der Waals surface area contributed by atoms with Gasteiger partial charge in [-0.05, 0) is 78.9 Å². The van der Waals surface area contributed by atoms with Crippen molar-refractivity contribution in [3.8, 4) is 22.9 Å². The molecule has 45 heavy (non-hydrogen) atoms. The Morgan fingerprint density at radius 1 is 1.09 bits per heavy atom. The van der Waals surface area contributed by atoms with Gasteiger partial charge in [0, 0.05) is 26.7 Å². The molecule has 1 aromatic heterocycles. The summed E-state index contributed by atoms with van der Waals surface area (Å²) < 4.78 is 14.0. The van der Waals surface area contributed by atoms with Crippen LogP contribution >= 0.6 is 27.5 Å². The van der Waals surface area contributed by atoms with E-state index < -0.39 is 10.5 Å². The minimum Gasteiger partial charge on any atom is -0.494 e. The van der Waals surface area contributed by atoms with Crippen LogP contribution in [0.25, 0.3) is 22.3 Å². The van der Waals surface area contributed by atoms with Crippen LogP contribution in [-0.2, 0) is 6.61 Å². The van der Waals surface area contributed by atoms with E-state index in [1.807, 2.05) is 56.3 Å². The minimum absolute atomic E-state index is 0.0289. The molecule has 0 aliphatic carbocycles. The number of nitro groups is 1. The van der Waals surface area contributed by atoms with Crippen LogP contribution in [-0.4, -0.2) is 27.4 Å². The number of nitrogens with zero attached hydrogens (tertiary/aromatic N) is 4. The van der Waals surface area contributed by atoms with Gasteiger partial charge in [-0.3, -0.25) is 14.9 Å². The highest BCUT2D eigenvalue weighted by molar-refractivity contribution is 9.10. The Hall–Kier alpha value is -4.54. The van der Waals surface area contributed by atoms with Crippen LogP contribution in [0.5, 0.6) is 11.5 Å². The molecule has 0 unspecified atom stereocenters. The second-order valence-corrected chi connectivity index (χ2v) is 12.0. The first-order valence-electron chi connectivity index (χ1n) is 14.3. The van der Waals surface area contributed by atoms with Gasteiger partial charge in [0.15, 0.2) is 5.82 Å². The van der Waals surface area contributed by atoms with Crippen molar-refractivity contribution in [3.05, 3.63) is 125 Å². The zero-order chi connectivity index (χ0) is 32.2. The molecule has 5 rings (SSSR count). The van der Waals surface area contributed by atoms with Gasteiger partial charge in [0.2, 0.25) is 5.75 Å². The third-order valence-electron chi connectivity index (χ3n) is 7.14. The fourth-order valence-electron chi connectivity index (χ4n) is 4.92. The summed E-state index contributed by atoms with van der Waals surface area (Å²) in [6.45, 7) is 8.56. The molecule has 0 fully saturated rings. The fourth-order valence-corrected chi connectivity index (χ4v) is 5.41. The maximum atomic E-state index is 13.9. The smallest absolute Gasteiger partial charge is 0.313 e. The van der Waals surface area contributed by atoms with Crippen molar-refractivity contribution >= 4 is 50.3 Å². The van der Waals surface area contributed by atoms with E-state index >= 15 is 0 Å². The summed E-state index contributed by atoms with van der Waals surface area (Å²) in [6.07, 6.45) is 1.34. The van der Waals surface area contributed by atoms with Crippen molar-refractivity contribution in [3.63, 3.8) is 0 Å². The Labute approximate surface area is 273 Å². The molecule has 0 N–H and O–H groups in total. The lowest BCUT2D eigenvalue weighted by Gasteiger charge is -2.18. The van der Waals surface area contributed by atoms with Crippen LogP contribution in [0, 0.1) is 17.0 Å². The van der Waals surface area contributed by atoms with Crippen LogP contribution in [0.3, 0.4) is 0 Å². The fraction of sp³-hybridized carbons (Fsp3) is 0.206. The zero-order valence-electron chi connectivity index (χ0n) is 25.1. The van der Waals surface area contributed by atoms with Crippen LogP contribution in [0.15, 0.2) is 87.2 Å². The molecule has 230 valence electrons. The number of aryl methyl sites for hydroxylation is 1. The van der Waals surface area contributed by atoms with E-state index in [1.165, 1.54) is 23.0 Å². The summed E-state index contributed by atoms with van der Waals surface area (Å²) in [7, 11) is 0. The number of nitro benzene ring substituents is 1. The van der Waals surface area contributed by atoms with E-state index in [-0.39, 0.29) is 34.5 Å². The SMILES string of the molecule is CCOc1cc(C)c(-c2nc3ccccc3c(=O)n2N=Cc2cc(Cl)cc([N+](=O)[O-])c2OCc2ccc(Br)cc2)cc1C(C)C. The molecular weight excluding hydrogens is 660 g/mol. The summed E-state index contributed by atoms with van der Waals surface area (Å²) in [5.41, 5.74) is 3.31. The van der Waals surface area contributed by atoms with Crippen molar-refractivity contribution in [1.29, 1.82) is 0 Å². The standard InChI is InChI=1S/C34H30BrClN4O5/c1-5-44-31-14-21(4)28(17-27(31)20(2)3)33-38-29-9-7-6-8-26(29)34(41)39(33)37-18-23-15-25(36)16-30(40(42)43)32(23)45-19-22-10-12-24(35)13-11-22/h6-18,20H,5,19H2,1-4H3. The average Bonchev–Trinajstić information content (AvgIpc) is 3.00. The number of aromatic nitrogens is 2. The highest BCUT2D eigenvalue weighted by atomic mass is 79.9. The van der Waals surface area contributed by atoms with E-state index in [0.29, 0.717) is 28.9 Å². The van der Waals surface area contributed by atoms with Gasteiger partial charge in [0.05, 0.1) is 28.6 Å². The number of rotatable bonds is 10. The molecular formula is C34H30BrClN4O5. The van der Waals surface area contributed by atoms with Gasteiger partial charge in [-0.2, -0.15) is 9.78 Å². The van der Waals surface area contributed by atoms with Crippen molar-refractivity contribution in [2.75, 3.05) is 6.61 Å². The maximum Gasteiger partial charge on any atom is 0.313 e. The average molecular weight is 690 g/mol. The second kappa shape index (κ2) is 13.6. The number of hydrogen-bond acceptors (Lipinski definition) is 7. The third-order valence-corrected chi connectivity index (χ3v) is 7.89. The van der Waals surface area contributed by atoms with E-state index in [9.17, 15) is 14.9 Å².